The van der Waals surface area contributed by atoms with Crippen LogP contribution in [0.3, 0.4) is 0 Å². The second-order valence-corrected chi connectivity index (χ2v) is 5.16. The Labute approximate surface area is 106 Å². The molecule has 1 aliphatic carbocycles. The van der Waals surface area contributed by atoms with Crippen molar-refractivity contribution >= 4 is 17.7 Å². The summed E-state index contributed by atoms with van der Waals surface area (Å²) in [7, 11) is 0. The molecule has 0 unspecified atom stereocenters. The van der Waals surface area contributed by atoms with Gasteiger partial charge in [-0.3, -0.25) is 4.79 Å². The van der Waals surface area contributed by atoms with Gasteiger partial charge in [-0.1, -0.05) is 18.2 Å². The summed E-state index contributed by atoms with van der Waals surface area (Å²) in [6.07, 6.45) is 2.29. The number of amides is 1. The fourth-order valence-electron chi connectivity index (χ4n) is 1.40. The van der Waals surface area contributed by atoms with E-state index in [4.69, 9.17) is 4.74 Å². The zero-order chi connectivity index (χ0) is 11.9. The molecule has 0 spiro atoms. The van der Waals surface area contributed by atoms with Gasteiger partial charge in [-0.25, -0.2) is 0 Å². The molecule has 1 amide bonds. The summed E-state index contributed by atoms with van der Waals surface area (Å²) in [4.78, 5) is 11.4. The second kappa shape index (κ2) is 6.55. The van der Waals surface area contributed by atoms with Gasteiger partial charge >= 0.3 is 0 Å². The highest BCUT2D eigenvalue weighted by atomic mass is 32.2. The quantitative estimate of drug-likeness (QED) is 0.754. The van der Waals surface area contributed by atoms with E-state index in [9.17, 15) is 4.79 Å². The van der Waals surface area contributed by atoms with Crippen LogP contribution in [0.15, 0.2) is 30.3 Å². The first-order valence-corrected chi connectivity index (χ1v) is 7.05. The van der Waals surface area contributed by atoms with Crippen molar-refractivity contribution in [3.8, 4) is 5.75 Å². The summed E-state index contributed by atoms with van der Waals surface area (Å²) in [5.74, 6) is 2.41. The molecule has 0 atom stereocenters. The minimum absolute atomic E-state index is 0.150. The predicted octanol–water partition coefficient (Wildman–Crippen LogP) is 2.08. The number of carbonyl (C=O) groups excluding carboxylic acids is 1. The summed E-state index contributed by atoms with van der Waals surface area (Å²) in [6.45, 7) is 0.644. The molecule has 0 aliphatic heterocycles. The van der Waals surface area contributed by atoms with Gasteiger partial charge in [-0.15, -0.1) is 11.8 Å². The number of carbonyl (C=O) groups is 1. The normalized spacial score (nSPS) is 14.4. The molecule has 0 aromatic heterocycles. The average Bonchev–Trinajstić information content (AvgIpc) is 3.14. The monoisotopic (exact) mass is 251 g/mol. The van der Waals surface area contributed by atoms with Crippen molar-refractivity contribution < 1.29 is 9.53 Å². The Morgan fingerprint density at radius 1 is 1.35 bits per heavy atom. The molecular formula is C13H17NO2S. The first-order valence-electron chi connectivity index (χ1n) is 5.89. The Hall–Kier alpha value is -1.16. The average molecular weight is 251 g/mol. The van der Waals surface area contributed by atoms with Gasteiger partial charge in [-0.05, 0) is 25.0 Å². The van der Waals surface area contributed by atoms with Gasteiger partial charge in [0.15, 0.2) is 0 Å². The first-order chi connectivity index (χ1) is 8.34. The van der Waals surface area contributed by atoms with Gasteiger partial charge in [0.2, 0.25) is 5.91 Å². The smallest absolute Gasteiger partial charge is 0.230 e. The first kappa shape index (κ1) is 12.3. The maximum atomic E-state index is 11.4. The largest absolute Gasteiger partial charge is 0.493 e. The Morgan fingerprint density at radius 2 is 2.12 bits per heavy atom. The second-order valence-electron chi connectivity index (χ2n) is 4.06. The lowest BCUT2D eigenvalue weighted by Gasteiger charge is -2.06. The molecule has 3 nitrogen and oxygen atoms in total. The molecule has 1 aliphatic rings. The van der Waals surface area contributed by atoms with E-state index >= 15 is 0 Å². The maximum absolute atomic E-state index is 11.4. The fraction of sp³-hybridized carbons (Fsp3) is 0.462. The van der Waals surface area contributed by atoms with Crippen LogP contribution in [0, 0.1) is 0 Å². The lowest BCUT2D eigenvalue weighted by molar-refractivity contribution is -0.118. The number of hydrogen-bond donors (Lipinski definition) is 1. The van der Waals surface area contributed by atoms with E-state index in [0.29, 0.717) is 18.4 Å². The number of para-hydroxylation sites is 1. The van der Waals surface area contributed by atoms with Crippen LogP contribution in [0.2, 0.25) is 0 Å². The maximum Gasteiger partial charge on any atom is 0.230 e. The third kappa shape index (κ3) is 5.13. The van der Waals surface area contributed by atoms with E-state index in [1.54, 1.807) is 11.8 Å². The van der Waals surface area contributed by atoms with Gasteiger partial charge in [-0.2, -0.15) is 0 Å². The molecule has 4 heteroatoms. The van der Waals surface area contributed by atoms with Gasteiger partial charge in [0.05, 0.1) is 12.4 Å². The molecule has 0 radical (unpaired) electrons. The van der Waals surface area contributed by atoms with E-state index in [1.807, 2.05) is 30.3 Å². The van der Waals surface area contributed by atoms with Gasteiger partial charge in [0, 0.05) is 11.8 Å². The molecule has 1 fully saturated rings. The minimum Gasteiger partial charge on any atom is -0.493 e. The number of ether oxygens (including phenoxy) is 1. The van der Waals surface area contributed by atoms with Crippen LogP contribution >= 0.6 is 11.8 Å². The fourth-order valence-corrected chi connectivity index (χ4v) is 2.01. The molecule has 1 aromatic rings. The lowest BCUT2D eigenvalue weighted by atomic mass is 10.3. The third-order valence-electron chi connectivity index (χ3n) is 2.42. The third-order valence-corrected chi connectivity index (χ3v) is 3.34. The van der Waals surface area contributed by atoms with Crippen molar-refractivity contribution in [2.24, 2.45) is 0 Å². The summed E-state index contributed by atoms with van der Waals surface area (Å²) in [5.41, 5.74) is 0. The highest BCUT2D eigenvalue weighted by Crippen LogP contribution is 2.18. The zero-order valence-electron chi connectivity index (χ0n) is 9.72. The van der Waals surface area contributed by atoms with E-state index < -0.39 is 0 Å². The zero-order valence-corrected chi connectivity index (χ0v) is 10.5. The number of thioether (sulfide) groups is 1. The van der Waals surface area contributed by atoms with Crippen LogP contribution in [0.5, 0.6) is 5.75 Å². The van der Waals surface area contributed by atoms with Crippen LogP contribution in [0.4, 0.5) is 0 Å². The number of nitrogens with one attached hydrogen (secondary N) is 1. The molecule has 0 saturated heterocycles. The van der Waals surface area contributed by atoms with Crippen molar-refractivity contribution in [1.29, 1.82) is 0 Å². The minimum atomic E-state index is 0.150. The lowest BCUT2D eigenvalue weighted by Crippen LogP contribution is -2.27. The van der Waals surface area contributed by atoms with Crippen molar-refractivity contribution in [2.45, 2.75) is 18.9 Å². The van der Waals surface area contributed by atoms with Gasteiger partial charge in [0.25, 0.3) is 0 Å². The predicted molar refractivity (Wildman–Crippen MR) is 70.4 cm³/mol. The van der Waals surface area contributed by atoms with Crippen LogP contribution in [0.1, 0.15) is 12.8 Å². The molecule has 0 bridgehead atoms. The van der Waals surface area contributed by atoms with Crippen LogP contribution < -0.4 is 10.1 Å². The van der Waals surface area contributed by atoms with Crippen LogP contribution in [-0.4, -0.2) is 30.1 Å². The van der Waals surface area contributed by atoms with Crippen molar-refractivity contribution in [2.75, 3.05) is 18.1 Å². The summed E-state index contributed by atoms with van der Waals surface area (Å²) < 4.78 is 5.53. The molecule has 17 heavy (non-hydrogen) atoms. The van der Waals surface area contributed by atoms with E-state index in [0.717, 1.165) is 24.3 Å². The summed E-state index contributed by atoms with van der Waals surface area (Å²) >= 11 is 1.61. The van der Waals surface area contributed by atoms with Crippen LogP contribution in [-0.2, 0) is 4.79 Å². The van der Waals surface area contributed by atoms with E-state index in [1.165, 1.54) is 0 Å². The topological polar surface area (TPSA) is 38.3 Å². The molecule has 1 N–H and O–H groups in total. The number of benzene rings is 1. The number of hydrogen-bond acceptors (Lipinski definition) is 3. The highest BCUT2D eigenvalue weighted by molar-refractivity contribution is 7.99. The SMILES string of the molecule is O=C(CSCCOc1ccccc1)NC1CC1. The number of rotatable bonds is 7. The van der Waals surface area contributed by atoms with Gasteiger partial charge in [0.1, 0.15) is 5.75 Å². The Balaban J connectivity index is 1.50. The Morgan fingerprint density at radius 3 is 2.82 bits per heavy atom. The molecular weight excluding hydrogens is 234 g/mol. The molecule has 1 aromatic carbocycles. The van der Waals surface area contributed by atoms with Crippen molar-refractivity contribution in [3.05, 3.63) is 30.3 Å². The summed E-state index contributed by atoms with van der Waals surface area (Å²) in [5, 5.41) is 2.96. The van der Waals surface area contributed by atoms with Crippen molar-refractivity contribution in [1.82, 2.24) is 5.32 Å². The standard InChI is InChI=1S/C13H17NO2S/c15-13(14-11-6-7-11)10-17-9-8-16-12-4-2-1-3-5-12/h1-5,11H,6-10H2,(H,14,15). The van der Waals surface area contributed by atoms with E-state index in [2.05, 4.69) is 5.32 Å². The van der Waals surface area contributed by atoms with Crippen LogP contribution in [0.25, 0.3) is 0 Å². The Bertz CT molecular complexity index is 352. The highest BCUT2D eigenvalue weighted by Gasteiger charge is 2.22. The Kier molecular flexibility index (Phi) is 4.74. The summed E-state index contributed by atoms with van der Waals surface area (Å²) in [6, 6.07) is 10.2. The molecule has 1 saturated carbocycles. The van der Waals surface area contributed by atoms with Gasteiger partial charge < -0.3 is 10.1 Å². The molecule has 0 heterocycles. The molecule has 92 valence electrons. The van der Waals surface area contributed by atoms with Crippen molar-refractivity contribution in [3.63, 3.8) is 0 Å². The molecule has 2 rings (SSSR count). The van der Waals surface area contributed by atoms with E-state index in [-0.39, 0.29) is 5.91 Å².